The Morgan fingerprint density at radius 2 is 0.894 bits per heavy atom. The molecule has 0 aromatic heterocycles. The van der Waals surface area contributed by atoms with E-state index in [0.717, 1.165) is 77.0 Å². The Bertz CT molecular complexity index is 1370. The Morgan fingerprint density at radius 3 is 1.29 bits per heavy atom. The van der Waals surface area contributed by atoms with Crippen molar-refractivity contribution in [2.75, 3.05) is 5.75 Å². The quantitative estimate of drug-likeness (QED) is 0.0255. The van der Waals surface area contributed by atoms with E-state index in [4.69, 9.17) is 18.9 Å². The molecule has 0 aliphatic carbocycles. The van der Waals surface area contributed by atoms with E-state index in [1.807, 2.05) is 0 Å². The Kier molecular flexibility index (Phi) is 34.5. The van der Waals surface area contributed by atoms with Gasteiger partial charge in [0.1, 0.15) is 17.5 Å². The zero-order valence-corrected chi connectivity index (χ0v) is 42.2. The van der Waals surface area contributed by atoms with Crippen molar-refractivity contribution >= 4 is 53.4 Å². The molecule has 2 amide bonds. The maximum absolute atomic E-state index is 14.3. The van der Waals surface area contributed by atoms with Gasteiger partial charge in [0.15, 0.2) is 18.3 Å². The molecule has 0 aromatic carbocycles. The molecule has 1 heterocycles. The van der Waals surface area contributed by atoms with Crippen LogP contribution in [-0.4, -0.2) is 99.6 Å². The first-order valence-corrected chi connectivity index (χ1v) is 26.5. The van der Waals surface area contributed by atoms with Crippen LogP contribution in [-0.2, 0) is 52.5 Å². The Morgan fingerprint density at radius 1 is 0.515 bits per heavy atom. The third-order valence-electron chi connectivity index (χ3n) is 12.1. The summed E-state index contributed by atoms with van der Waals surface area (Å²) in [6, 6.07) is -2.87. The van der Waals surface area contributed by atoms with E-state index in [-0.39, 0.29) is 18.1 Å². The molecule has 15 nitrogen and oxygen atoms in total. The fourth-order valence-electron chi connectivity index (χ4n) is 8.44. The molecule has 0 bridgehead atoms. The summed E-state index contributed by atoms with van der Waals surface area (Å²) in [6.07, 6.45) is 24.2. The van der Waals surface area contributed by atoms with Crippen LogP contribution in [0.15, 0.2) is 0 Å². The fourth-order valence-corrected chi connectivity index (χ4v) is 9.71. The molecule has 7 atom stereocenters. The minimum Gasteiger partial charge on any atom is -0.481 e. The third kappa shape index (κ3) is 28.7. The summed E-state index contributed by atoms with van der Waals surface area (Å²) in [7, 11) is 0. The number of ether oxygens (including phenoxy) is 4. The van der Waals surface area contributed by atoms with E-state index in [2.05, 4.69) is 24.5 Å². The molecule has 1 aliphatic heterocycles. The summed E-state index contributed by atoms with van der Waals surface area (Å²) in [5.74, 6) is -6.62. The number of unbranched alkanes of at least 4 members (excludes halogenated alkanes) is 22. The number of amides is 2. The molecule has 0 saturated carbocycles. The van der Waals surface area contributed by atoms with Gasteiger partial charge in [0, 0.05) is 38.9 Å². The van der Waals surface area contributed by atoms with Gasteiger partial charge in [-0.2, -0.15) is 0 Å². The number of aliphatic carboxylic acids is 2. The number of nitrogens with one attached hydrogen (secondary N) is 2. The highest BCUT2D eigenvalue weighted by molar-refractivity contribution is 7.99. The highest BCUT2D eigenvalue weighted by Gasteiger charge is 2.50. The number of esters is 3. The molecule has 0 radical (unpaired) electrons. The standard InChI is InChI=1S/C50H88N2O13S/c1-7-9-11-13-15-17-19-21-23-25-27-29-31-40(32-30-28-26-24-22-20-18-16-14-12-10-8-2)47(58)52-42(48(59)51-41(49(60)61)33-34-43(56)57)35-66-50-46(65-39(6)55)45(64-38(5)54)44(36(3)62-50)63-37(4)53/h36,40-42,44-46,50H,7-35H2,1-6H3,(H,51,59)(H,52,58)(H,56,57)(H,60,61)/t36-,41-,42+,44+,45+,46-,50-/m0/s1. The summed E-state index contributed by atoms with van der Waals surface area (Å²) >= 11 is 0.973. The number of carboxylic acids is 2. The molecular formula is C50H88N2O13S. The average Bonchev–Trinajstić information content (AvgIpc) is 3.25. The zero-order chi connectivity index (χ0) is 49.1. The molecule has 0 aromatic rings. The van der Waals surface area contributed by atoms with Gasteiger partial charge in [-0.15, -0.1) is 11.8 Å². The van der Waals surface area contributed by atoms with E-state index >= 15 is 0 Å². The summed E-state index contributed by atoms with van der Waals surface area (Å²) in [5, 5.41) is 24.5. The minimum absolute atomic E-state index is 0.201. The Balaban J connectivity index is 3.22. The summed E-state index contributed by atoms with van der Waals surface area (Å²) in [4.78, 5) is 88.4. The van der Waals surface area contributed by atoms with Gasteiger partial charge >= 0.3 is 29.8 Å². The van der Waals surface area contributed by atoms with Crippen molar-refractivity contribution in [2.24, 2.45) is 5.92 Å². The van der Waals surface area contributed by atoms with Crippen LogP contribution in [0.25, 0.3) is 0 Å². The van der Waals surface area contributed by atoms with Crippen LogP contribution in [0.4, 0.5) is 0 Å². The van der Waals surface area contributed by atoms with Crippen molar-refractivity contribution in [2.45, 2.75) is 263 Å². The normalized spacial score (nSPS) is 19.1. The number of rotatable bonds is 40. The van der Waals surface area contributed by atoms with Crippen molar-refractivity contribution in [3.05, 3.63) is 0 Å². The molecule has 1 aliphatic rings. The van der Waals surface area contributed by atoms with E-state index in [1.165, 1.54) is 110 Å². The van der Waals surface area contributed by atoms with Gasteiger partial charge in [-0.3, -0.25) is 28.8 Å². The van der Waals surface area contributed by atoms with Crippen molar-refractivity contribution in [3.8, 4) is 0 Å². The van der Waals surface area contributed by atoms with E-state index < -0.39 is 90.0 Å². The van der Waals surface area contributed by atoms with Gasteiger partial charge in [-0.25, -0.2) is 4.79 Å². The summed E-state index contributed by atoms with van der Waals surface area (Å²) in [5.41, 5.74) is -1.09. The molecule has 0 spiro atoms. The Labute approximate surface area is 400 Å². The van der Waals surface area contributed by atoms with Crippen LogP contribution in [0, 0.1) is 5.92 Å². The van der Waals surface area contributed by atoms with Crippen molar-refractivity contribution in [3.63, 3.8) is 0 Å². The SMILES string of the molecule is CCCCCCCCCCCCCCC(CCCCCCCCCCCCCC)C(=O)N[C@H](CS[C@@H]1O[C@@H](C)[C@@H](OC(C)=O)[C@@H](OC(C)=O)[C@@H]1OC(C)=O)C(=O)N[C@@H](CCC(=O)O)C(=O)O. The minimum atomic E-state index is -1.55. The number of thioether (sulfide) groups is 1. The lowest BCUT2D eigenvalue weighted by atomic mass is 9.93. The number of hydrogen-bond donors (Lipinski definition) is 4. The second-order valence-electron chi connectivity index (χ2n) is 18.2. The first-order chi connectivity index (χ1) is 31.6. The molecule has 16 heteroatoms. The van der Waals surface area contributed by atoms with Crippen molar-refractivity contribution in [1.29, 1.82) is 0 Å². The summed E-state index contributed by atoms with van der Waals surface area (Å²) in [6.45, 7) is 9.52. The monoisotopic (exact) mass is 957 g/mol. The second kappa shape index (κ2) is 37.6. The highest BCUT2D eigenvalue weighted by atomic mass is 32.2. The lowest BCUT2D eigenvalue weighted by molar-refractivity contribution is -0.229. The lowest BCUT2D eigenvalue weighted by Gasteiger charge is -2.43. The average molecular weight is 957 g/mol. The number of carbonyl (C=O) groups is 7. The molecule has 382 valence electrons. The topological polar surface area (TPSA) is 221 Å². The number of carbonyl (C=O) groups excluding carboxylic acids is 5. The highest BCUT2D eigenvalue weighted by Crippen LogP contribution is 2.34. The molecular weight excluding hydrogens is 869 g/mol. The van der Waals surface area contributed by atoms with Crippen molar-refractivity contribution < 1.29 is 62.7 Å². The number of carboxylic acid groups (broad SMARTS) is 2. The zero-order valence-electron chi connectivity index (χ0n) is 41.4. The first kappa shape index (κ1) is 60.6. The van der Waals surface area contributed by atoms with E-state index in [0.29, 0.717) is 12.8 Å². The van der Waals surface area contributed by atoms with Gasteiger partial charge in [0.2, 0.25) is 11.8 Å². The first-order valence-electron chi connectivity index (χ1n) is 25.4. The largest absolute Gasteiger partial charge is 0.481 e. The molecule has 1 saturated heterocycles. The summed E-state index contributed by atoms with van der Waals surface area (Å²) < 4.78 is 22.7. The number of hydrogen-bond acceptors (Lipinski definition) is 12. The molecule has 0 unspecified atom stereocenters. The van der Waals surface area contributed by atoms with Gasteiger partial charge < -0.3 is 39.8 Å². The maximum Gasteiger partial charge on any atom is 0.326 e. The van der Waals surface area contributed by atoms with Crippen molar-refractivity contribution in [1.82, 2.24) is 10.6 Å². The van der Waals surface area contributed by atoms with Crippen LogP contribution < -0.4 is 10.6 Å². The molecule has 4 N–H and O–H groups in total. The Hall–Kier alpha value is -3.40. The predicted molar refractivity (Wildman–Crippen MR) is 257 cm³/mol. The van der Waals surface area contributed by atoms with Crippen LogP contribution in [0.3, 0.4) is 0 Å². The van der Waals surface area contributed by atoms with E-state index in [9.17, 15) is 43.8 Å². The lowest BCUT2D eigenvalue weighted by Crippen LogP contribution is -2.60. The smallest absolute Gasteiger partial charge is 0.326 e. The van der Waals surface area contributed by atoms with Gasteiger partial charge in [-0.1, -0.05) is 168 Å². The van der Waals surface area contributed by atoms with Gasteiger partial charge in [-0.05, 0) is 26.2 Å². The molecule has 1 fully saturated rings. The molecule has 1 rings (SSSR count). The van der Waals surface area contributed by atoms with E-state index in [1.54, 1.807) is 6.92 Å². The van der Waals surface area contributed by atoms with Crippen LogP contribution in [0.5, 0.6) is 0 Å². The van der Waals surface area contributed by atoms with Crippen LogP contribution >= 0.6 is 11.8 Å². The van der Waals surface area contributed by atoms with Gasteiger partial charge in [0.05, 0.1) is 6.10 Å². The van der Waals surface area contributed by atoms with Crippen LogP contribution in [0.2, 0.25) is 0 Å². The second-order valence-corrected chi connectivity index (χ2v) is 19.3. The fraction of sp³-hybridized carbons (Fsp3) is 0.860. The molecule has 66 heavy (non-hydrogen) atoms. The van der Waals surface area contributed by atoms with Crippen LogP contribution in [0.1, 0.15) is 221 Å². The maximum atomic E-state index is 14.3. The third-order valence-corrected chi connectivity index (χ3v) is 13.4. The van der Waals surface area contributed by atoms with Gasteiger partial charge in [0.25, 0.3) is 0 Å². The predicted octanol–water partition coefficient (Wildman–Crippen LogP) is 9.98.